The number of amides is 1. The minimum atomic E-state index is -1.42. The van der Waals surface area contributed by atoms with E-state index < -0.39 is 11.4 Å². The van der Waals surface area contributed by atoms with Gasteiger partial charge in [0.1, 0.15) is 5.82 Å². The van der Waals surface area contributed by atoms with Crippen LogP contribution in [-0.4, -0.2) is 20.6 Å². The summed E-state index contributed by atoms with van der Waals surface area (Å²) in [6.07, 6.45) is 3.01. The first kappa shape index (κ1) is 18.9. The van der Waals surface area contributed by atoms with Gasteiger partial charge in [-0.05, 0) is 62.1 Å². The van der Waals surface area contributed by atoms with E-state index in [4.69, 9.17) is 11.6 Å². The molecule has 0 spiro atoms. The highest BCUT2D eigenvalue weighted by molar-refractivity contribution is 6.31. The first-order chi connectivity index (χ1) is 13.3. The first-order valence-corrected chi connectivity index (χ1v) is 9.67. The second-order valence-electron chi connectivity index (χ2n) is 7.53. The second kappa shape index (κ2) is 7.18. The Bertz CT molecular complexity index is 1030. The molecule has 1 heterocycles. The number of benzene rings is 2. The third-order valence-electron chi connectivity index (χ3n) is 5.31. The number of aromatic nitrogens is 2. The maximum atomic E-state index is 13.1. The fraction of sp³-hybridized carbons (Fsp3) is 0.333. The molecule has 5 nitrogen and oxygen atoms in total. The maximum absolute atomic E-state index is 13.1. The smallest absolute Gasteiger partial charge is 0.229 e. The van der Waals surface area contributed by atoms with Crippen molar-refractivity contribution < 1.29 is 14.3 Å². The van der Waals surface area contributed by atoms with Gasteiger partial charge in [0.05, 0.1) is 23.1 Å². The average Bonchev–Trinajstić information content (AvgIpc) is 2.90. The second-order valence-corrected chi connectivity index (χ2v) is 7.97. The molecule has 4 rings (SSSR count). The maximum Gasteiger partial charge on any atom is 0.229 e. The molecule has 0 radical (unpaired) electrons. The number of nitrogens with zero attached hydrogens (tertiary/aromatic N) is 2. The highest BCUT2D eigenvalue weighted by Gasteiger charge is 2.29. The molecule has 146 valence electrons. The minimum absolute atomic E-state index is 0.173. The zero-order chi connectivity index (χ0) is 19.9. The van der Waals surface area contributed by atoms with Crippen LogP contribution < -0.4 is 5.32 Å². The number of carbonyl (C=O) groups excluding carboxylic acids is 1. The topological polar surface area (TPSA) is 67.2 Å². The molecule has 2 N–H and O–H groups in total. The van der Waals surface area contributed by atoms with Crippen molar-refractivity contribution >= 4 is 34.5 Å². The quantitative estimate of drug-likeness (QED) is 0.645. The van der Waals surface area contributed by atoms with Crippen molar-refractivity contribution in [1.29, 1.82) is 0 Å². The van der Waals surface area contributed by atoms with Gasteiger partial charge < -0.3 is 9.67 Å². The zero-order valence-electron chi connectivity index (χ0n) is 15.5. The van der Waals surface area contributed by atoms with Gasteiger partial charge in [-0.15, -0.1) is 0 Å². The highest BCUT2D eigenvalue weighted by Crippen LogP contribution is 2.38. The molecule has 7 heteroatoms. The molecule has 0 unspecified atom stereocenters. The van der Waals surface area contributed by atoms with E-state index in [1.807, 2.05) is 16.7 Å². The molecule has 0 bridgehead atoms. The molecule has 28 heavy (non-hydrogen) atoms. The van der Waals surface area contributed by atoms with Crippen LogP contribution in [0, 0.1) is 5.82 Å². The number of anilines is 1. The fourth-order valence-corrected chi connectivity index (χ4v) is 3.73. The first-order valence-electron chi connectivity index (χ1n) is 9.29. The van der Waals surface area contributed by atoms with Gasteiger partial charge in [-0.3, -0.25) is 10.1 Å². The van der Waals surface area contributed by atoms with Crippen molar-refractivity contribution in [3.8, 4) is 0 Å². The van der Waals surface area contributed by atoms with Gasteiger partial charge in [-0.2, -0.15) is 0 Å². The van der Waals surface area contributed by atoms with Gasteiger partial charge in [-0.25, -0.2) is 9.37 Å². The van der Waals surface area contributed by atoms with Crippen molar-refractivity contribution in [2.75, 3.05) is 5.32 Å². The largest absolute Gasteiger partial charge is 0.385 e. The van der Waals surface area contributed by atoms with E-state index in [2.05, 4.69) is 10.3 Å². The Balaban J connectivity index is 1.59. The number of rotatable bonds is 5. The highest BCUT2D eigenvalue weighted by atomic mass is 35.5. The summed E-state index contributed by atoms with van der Waals surface area (Å²) in [5.41, 5.74) is 0.701. The molecule has 0 saturated heterocycles. The number of hydrogen-bond donors (Lipinski definition) is 2. The summed E-state index contributed by atoms with van der Waals surface area (Å²) in [4.78, 5) is 17.2. The minimum Gasteiger partial charge on any atom is -0.385 e. The van der Waals surface area contributed by atoms with E-state index in [9.17, 15) is 14.3 Å². The van der Waals surface area contributed by atoms with Gasteiger partial charge >= 0.3 is 0 Å². The van der Waals surface area contributed by atoms with E-state index in [1.165, 1.54) is 31.2 Å². The molecule has 1 aliphatic rings. The summed E-state index contributed by atoms with van der Waals surface area (Å²) < 4.78 is 15.2. The molecule has 1 amide bonds. The Morgan fingerprint density at radius 3 is 2.68 bits per heavy atom. The van der Waals surface area contributed by atoms with E-state index >= 15 is 0 Å². The monoisotopic (exact) mass is 401 g/mol. The summed E-state index contributed by atoms with van der Waals surface area (Å²) in [6.45, 7) is 1.54. The normalized spacial score (nSPS) is 16.6. The predicted molar refractivity (Wildman–Crippen MR) is 107 cm³/mol. The number of fused-ring (bicyclic) bond motifs is 1. The van der Waals surface area contributed by atoms with Crippen LogP contribution in [0.4, 0.5) is 10.3 Å². The van der Waals surface area contributed by atoms with Crippen molar-refractivity contribution in [1.82, 2.24) is 9.55 Å². The predicted octanol–water partition coefficient (Wildman–Crippen LogP) is 4.79. The molecule has 2 aromatic carbocycles. The van der Waals surface area contributed by atoms with Gasteiger partial charge in [0.25, 0.3) is 0 Å². The summed E-state index contributed by atoms with van der Waals surface area (Å²) in [6, 6.07) is 11.2. The molecule has 0 aliphatic heterocycles. The Kier molecular flexibility index (Phi) is 4.85. The summed E-state index contributed by atoms with van der Waals surface area (Å²) >= 11 is 6.15. The lowest BCUT2D eigenvalue weighted by molar-refractivity contribution is -0.120. The molecule has 1 atom stereocenters. The molecule has 1 aromatic heterocycles. The number of hydrogen-bond acceptors (Lipinski definition) is 3. The van der Waals surface area contributed by atoms with Crippen LogP contribution in [0.2, 0.25) is 5.02 Å². The van der Waals surface area contributed by atoms with Crippen LogP contribution in [0.15, 0.2) is 42.5 Å². The molecule has 1 saturated carbocycles. The summed E-state index contributed by atoms with van der Waals surface area (Å²) in [7, 11) is 0. The van der Waals surface area contributed by atoms with E-state index in [-0.39, 0.29) is 18.4 Å². The lowest BCUT2D eigenvalue weighted by Crippen LogP contribution is -2.30. The van der Waals surface area contributed by atoms with E-state index in [1.54, 1.807) is 6.07 Å². The van der Waals surface area contributed by atoms with Crippen molar-refractivity contribution in [3.05, 3.63) is 58.9 Å². The molecule has 1 fully saturated rings. The van der Waals surface area contributed by atoms with Crippen LogP contribution in [0.3, 0.4) is 0 Å². The Hall–Kier alpha value is -2.44. The zero-order valence-corrected chi connectivity index (χ0v) is 16.2. The van der Waals surface area contributed by atoms with Gasteiger partial charge in [0.15, 0.2) is 0 Å². The molecular weight excluding hydrogens is 381 g/mol. The molecular formula is C21H21ClFN3O2. The number of aliphatic hydroxyl groups is 1. The number of carbonyl (C=O) groups is 1. The standard InChI is InChI=1S/C21H21ClFN3O2/c1-21(28,13-5-8-15(23)9-6-13)12-19(27)25-20-24-17-10-7-14(22)11-18(17)26(20)16-3-2-4-16/h5-11,16,28H,2-4,12H2,1H3,(H,24,25,27)/t21-/m0/s1. The van der Waals surface area contributed by atoms with Gasteiger partial charge in [-0.1, -0.05) is 23.7 Å². The van der Waals surface area contributed by atoms with Crippen LogP contribution in [-0.2, 0) is 10.4 Å². The average molecular weight is 402 g/mol. The third-order valence-corrected chi connectivity index (χ3v) is 5.55. The Morgan fingerprint density at radius 1 is 1.32 bits per heavy atom. The van der Waals surface area contributed by atoms with Crippen LogP contribution in [0.1, 0.15) is 44.2 Å². The lowest BCUT2D eigenvalue weighted by atomic mass is 9.92. The summed E-state index contributed by atoms with van der Waals surface area (Å²) in [5, 5.41) is 14.2. The number of halogens is 2. The van der Waals surface area contributed by atoms with E-state index in [0.29, 0.717) is 16.5 Å². The molecule has 3 aromatic rings. The van der Waals surface area contributed by atoms with Crippen molar-refractivity contribution in [2.45, 2.75) is 44.2 Å². The van der Waals surface area contributed by atoms with Crippen molar-refractivity contribution in [3.63, 3.8) is 0 Å². The Labute approximate surface area is 167 Å². The Morgan fingerprint density at radius 2 is 2.04 bits per heavy atom. The fourth-order valence-electron chi connectivity index (χ4n) is 3.56. The third kappa shape index (κ3) is 3.62. The number of imidazole rings is 1. The van der Waals surface area contributed by atoms with Crippen LogP contribution >= 0.6 is 11.6 Å². The SMILES string of the molecule is C[C@](O)(CC(=O)Nc1nc2ccc(Cl)cc2n1C1CCC1)c1ccc(F)cc1. The van der Waals surface area contributed by atoms with Gasteiger partial charge in [0, 0.05) is 11.1 Å². The number of nitrogens with one attached hydrogen (secondary N) is 1. The van der Waals surface area contributed by atoms with Crippen molar-refractivity contribution in [2.24, 2.45) is 0 Å². The molecule has 1 aliphatic carbocycles. The van der Waals surface area contributed by atoms with Gasteiger partial charge in [0.2, 0.25) is 11.9 Å². The van der Waals surface area contributed by atoms with Crippen LogP contribution in [0.5, 0.6) is 0 Å². The lowest BCUT2D eigenvalue weighted by Gasteiger charge is -2.29. The van der Waals surface area contributed by atoms with E-state index in [0.717, 1.165) is 30.3 Å². The van der Waals surface area contributed by atoms with Crippen LogP contribution in [0.25, 0.3) is 11.0 Å². The summed E-state index contributed by atoms with van der Waals surface area (Å²) in [5.74, 6) is -0.296.